The number of non-ortho nitro benzene ring substituents is 1. The first-order valence-corrected chi connectivity index (χ1v) is 11.2. The van der Waals surface area contributed by atoms with E-state index >= 15 is 0 Å². The molecule has 166 valence electrons. The highest BCUT2D eigenvalue weighted by atomic mass is 35.5. The number of aromatic nitrogens is 2. The number of fused-ring (bicyclic) bond motifs is 1. The van der Waals surface area contributed by atoms with Gasteiger partial charge in [-0.3, -0.25) is 14.9 Å². The van der Waals surface area contributed by atoms with Crippen LogP contribution in [0.3, 0.4) is 0 Å². The monoisotopic (exact) mass is 479 g/mol. The highest BCUT2D eigenvalue weighted by Crippen LogP contribution is 2.25. The quantitative estimate of drug-likeness (QED) is 0.168. The lowest BCUT2D eigenvalue weighted by molar-refractivity contribution is -0.384. The van der Waals surface area contributed by atoms with E-state index in [4.69, 9.17) is 11.6 Å². The lowest BCUT2D eigenvalue weighted by Gasteiger charge is -2.09. The maximum absolute atomic E-state index is 12.3. The minimum absolute atomic E-state index is 0.00549. The summed E-state index contributed by atoms with van der Waals surface area (Å²) in [5, 5.41) is 16.0. The average molecular weight is 480 g/mol. The third kappa shape index (κ3) is 5.76. The van der Waals surface area contributed by atoms with Gasteiger partial charge in [-0.25, -0.2) is 10.4 Å². The number of hydrogen-bond acceptors (Lipinski definition) is 6. The summed E-state index contributed by atoms with van der Waals surface area (Å²) < 4.78 is 2.07. The van der Waals surface area contributed by atoms with Gasteiger partial charge in [0.1, 0.15) is 0 Å². The summed E-state index contributed by atoms with van der Waals surface area (Å²) in [4.78, 5) is 27.2. The van der Waals surface area contributed by atoms with Crippen molar-refractivity contribution in [3.63, 3.8) is 0 Å². The topological polar surface area (TPSA) is 102 Å². The molecule has 4 aromatic rings. The highest BCUT2D eigenvalue weighted by molar-refractivity contribution is 7.99. The number of nitrogens with zero attached hydrogens (tertiary/aromatic N) is 4. The van der Waals surface area contributed by atoms with E-state index < -0.39 is 4.92 Å². The summed E-state index contributed by atoms with van der Waals surface area (Å²) in [6, 6.07) is 21.3. The SMILES string of the molecule is O=C(CSc1nc2ccccc2n1Cc1ccc(Cl)cc1)N/N=C\c1ccc([N+](=O)[O-])cc1. The van der Waals surface area contributed by atoms with E-state index in [2.05, 4.69) is 20.1 Å². The van der Waals surface area contributed by atoms with Crippen molar-refractivity contribution in [3.8, 4) is 0 Å². The number of halogens is 1. The number of imidazole rings is 1. The smallest absolute Gasteiger partial charge is 0.269 e. The second-order valence-corrected chi connectivity index (χ2v) is 8.41. The predicted octanol–water partition coefficient (Wildman–Crippen LogP) is 4.89. The van der Waals surface area contributed by atoms with E-state index in [1.54, 1.807) is 12.1 Å². The number of nitro groups is 1. The predicted molar refractivity (Wildman–Crippen MR) is 130 cm³/mol. The number of carbonyl (C=O) groups excluding carboxylic acids is 1. The number of carbonyl (C=O) groups is 1. The molecule has 1 heterocycles. The minimum Gasteiger partial charge on any atom is -0.314 e. The molecule has 1 aromatic heterocycles. The van der Waals surface area contributed by atoms with Crippen LogP contribution in [0.2, 0.25) is 5.02 Å². The molecule has 33 heavy (non-hydrogen) atoms. The molecule has 3 aromatic carbocycles. The molecule has 0 fully saturated rings. The van der Waals surface area contributed by atoms with Gasteiger partial charge in [0.15, 0.2) is 5.16 Å². The molecular formula is C23H18ClN5O3S. The van der Waals surface area contributed by atoms with Crippen LogP contribution in [0.5, 0.6) is 0 Å². The highest BCUT2D eigenvalue weighted by Gasteiger charge is 2.13. The van der Waals surface area contributed by atoms with Crippen molar-refractivity contribution >= 4 is 52.2 Å². The zero-order valence-electron chi connectivity index (χ0n) is 17.2. The van der Waals surface area contributed by atoms with Crippen LogP contribution >= 0.6 is 23.4 Å². The molecule has 0 aliphatic carbocycles. The van der Waals surface area contributed by atoms with Crippen molar-refractivity contribution in [1.29, 1.82) is 0 Å². The Morgan fingerprint density at radius 1 is 1.12 bits per heavy atom. The van der Waals surface area contributed by atoms with Gasteiger partial charge in [0, 0.05) is 17.2 Å². The zero-order chi connectivity index (χ0) is 23.2. The van der Waals surface area contributed by atoms with E-state index in [0.717, 1.165) is 21.8 Å². The van der Waals surface area contributed by atoms with Gasteiger partial charge >= 0.3 is 0 Å². The molecule has 0 aliphatic rings. The Bertz CT molecular complexity index is 1320. The fraction of sp³-hybridized carbons (Fsp3) is 0.0870. The Morgan fingerprint density at radius 2 is 1.85 bits per heavy atom. The lowest BCUT2D eigenvalue weighted by Crippen LogP contribution is -2.20. The van der Waals surface area contributed by atoms with Crippen molar-refractivity contribution in [2.24, 2.45) is 5.10 Å². The molecule has 8 nitrogen and oxygen atoms in total. The van der Waals surface area contributed by atoms with Crippen LogP contribution in [0.4, 0.5) is 5.69 Å². The molecule has 0 bridgehead atoms. The van der Waals surface area contributed by atoms with Crippen LogP contribution in [0.25, 0.3) is 11.0 Å². The van der Waals surface area contributed by atoms with Gasteiger partial charge in [-0.15, -0.1) is 0 Å². The molecule has 0 atom stereocenters. The summed E-state index contributed by atoms with van der Waals surface area (Å²) in [6.45, 7) is 0.597. The Labute approximate surface area is 198 Å². The van der Waals surface area contributed by atoms with Crippen molar-refractivity contribution in [3.05, 3.63) is 99.1 Å². The maximum Gasteiger partial charge on any atom is 0.269 e. The Balaban J connectivity index is 1.41. The molecule has 10 heteroatoms. The molecule has 0 radical (unpaired) electrons. The standard InChI is InChI=1S/C23H18ClN5O3S/c24-18-9-5-17(6-10-18)14-28-21-4-2-1-3-20(21)26-23(28)33-15-22(30)27-25-13-16-7-11-19(12-8-16)29(31)32/h1-13H,14-15H2,(H,27,30)/b25-13-. The zero-order valence-corrected chi connectivity index (χ0v) is 18.8. The van der Waals surface area contributed by atoms with E-state index in [0.29, 0.717) is 17.1 Å². The first kappa shape index (κ1) is 22.5. The number of para-hydroxylation sites is 2. The van der Waals surface area contributed by atoms with Crippen LogP contribution in [-0.4, -0.2) is 32.3 Å². The van der Waals surface area contributed by atoms with Crippen molar-refractivity contribution in [2.45, 2.75) is 11.7 Å². The summed E-state index contributed by atoms with van der Waals surface area (Å²) >= 11 is 7.32. The number of hydrazone groups is 1. The average Bonchev–Trinajstić information content (AvgIpc) is 3.17. The normalized spacial score (nSPS) is 11.2. The lowest BCUT2D eigenvalue weighted by atomic mass is 10.2. The van der Waals surface area contributed by atoms with Gasteiger partial charge < -0.3 is 4.57 Å². The van der Waals surface area contributed by atoms with Crippen molar-refractivity contribution in [2.75, 3.05) is 5.75 Å². The number of nitro benzene ring substituents is 1. The van der Waals surface area contributed by atoms with Gasteiger partial charge in [0.05, 0.1) is 34.5 Å². The van der Waals surface area contributed by atoms with E-state index in [-0.39, 0.29) is 17.3 Å². The molecule has 4 rings (SSSR count). The van der Waals surface area contributed by atoms with Gasteiger partial charge in [0.2, 0.25) is 0 Å². The van der Waals surface area contributed by atoms with E-state index in [1.165, 1.54) is 30.1 Å². The molecule has 0 unspecified atom stereocenters. The number of amides is 1. The van der Waals surface area contributed by atoms with E-state index in [9.17, 15) is 14.9 Å². The summed E-state index contributed by atoms with van der Waals surface area (Å²) in [6.07, 6.45) is 1.43. The number of thioether (sulfide) groups is 1. The second-order valence-electron chi connectivity index (χ2n) is 7.03. The van der Waals surface area contributed by atoms with Crippen LogP contribution < -0.4 is 5.43 Å². The second kappa shape index (κ2) is 10.3. The van der Waals surface area contributed by atoms with Crippen molar-refractivity contribution in [1.82, 2.24) is 15.0 Å². The third-order valence-electron chi connectivity index (χ3n) is 4.71. The number of nitrogens with one attached hydrogen (secondary N) is 1. The minimum atomic E-state index is -0.472. The van der Waals surface area contributed by atoms with Gasteiger partial charge in [-0.2, -0.15) is 5.10 Å². The Morgan fingerprint density at radius 3 is 2.58 bits per heavy atom. The molecule has 1 N–H and O–H groups in total. The van der Waals surface area contributed by atoms with Crippen LogP contribution in [0.15, 0.2) is 83.1 Å². The first-order valence-electron chi connectivity index (χ1n) is 9.88. The molecular weight excluding hydrogens is 462 g/mol. The summed E-state index contributed by atoms with van der Waals surface area (Å²) in [5.41, 5.74) is 6.01. The number of hydrogen-bond donors (Lipinski definition) is 1. The van der Waals surface area contributed by atoms with Gasteiger partial charge in [-0.1, -0.05) is 47.6 Å². The first-order chi connectivity index (χ1) is 16.0. The molecule has 0 aliphatic heterocycles. The molecule has 0 spiro atoms. The van der Waals surface area contributed by atoms with Crippen LogP contribution in [0, 0.1) is 10.1 Å². The summed E-state index contributed by atoms with van der Waals surface area (Å²) in [5.74, 6) is -0.162. The Kier molecular flexibility index (Phi) is 7.01. The fourth-order valence-electron chi connectivity index (χ4n) is 3.11. The molecule has 0 saturated heterocycles. The third-order valence-corrected chi connectivity index (χ3v) is 5.94. The van der Waals surface area contributed by atoms with Crippen LogP contribution in [0.1, 0.15) is 11.1 Å². The number of benzene rings is 3. The largest absolute Gasteiger partial charge is 0.314 e. The van der Waals surface area contributed by atoms with Gasteiger partial charge in [0.25, 0.3) is 11.6 Å². The maximum atomic E-state index is 12.3. The van der Waals surface area contributed by atoms with Gasteiger partial charge in [-0.05, 0) is 47.5 Å². The Hall–Kier alpha value is -3.69. The summed E-state index contributed by atoms with van der Waals surface area (Å²) in [7, 11) is 0. The van der Waals surface area contributed by atoms with E-state index in [1.807, 2.05) is 48.5 Å². The molecule has 0 saturated carbocycles. The fourth-order valence-corrected chi connectivity index (χ4v) is 4.04. The number of rotatable bonds is 8. The van der Waals surface area contributed by atoms with Crippen molar-refractivity contribution < 1.29 is 9.72 Å². The van der Waals surface area contributed by atoms with Crippen LogP contribution in [-0.2, 0) is 11.3 Å². The molecule has 1 amide bonds.